The van der Waals surface area contributed by atoms with Crippen molar-refractivity contribution in [2.75, 3.05) is 33.3 Å². The van der Waals surface area contributed by atoms with Gasteiger partial charge in [0.2, 0.25) is 11.8 Å². The lowest BCUT2D eigenvalue weighted by molar-refractivity contribution is -0.139. The number of halogens is 1. The van der Waals surface area contributed by atoms with Crippen molar-refractivity contribution < 1.29 is 14.3 Å². The molecule has 4 rings (SSSR count). The summed E-state index contributed by atoms with van der Waals surface area (Å²) in [6.45, 7) is 8.19. The molecule has 1 spiro atoms. The number of piperidine rings is 1. The molecule has 2 amide bonds. The first-order valence-electron chi connectivity index (χ1n) is 12.4. The van der Waals surface area contributed by atoms with E-state index in [1.807, 2.05) is 43.0 Å². The lowest BCUT2D eigenvalue weighted by atomic mass is 9.77. The fourth-order valence-corrected chi connectivity index (χ4v) is 5.82. The number of hydrogen-bond donors (Lipinski definition) is 1. The minimum Gasteiger partial charge on any atom is -0.497 e. The van der Waals surface area contributed by atoms with E-state index in [1.54, 1.807) is 18.4 Å². The van der Waals surface area contributed by atoms with Crippen LogP contribution in [0, 0.1) is 11.3 Å². The fraction of sp³-hybridized carbons (Fsp3) is 0.556. The quantitative estimate of drug-likeness (QED) is 0.512. The van der Waals surface area contributed by atoms with E-state index in [0.717, 1.165) is 63.2 Å². The SMILES string of the molecule is COc1ccc(CN2CCC3(CCN(CCC(NC(=O)C(C)C)c4ccsc4)CC3)C2=O)cc1.Cl. The van der Waals surface area contributed by atoms with Gasteiger partial charge in [0.1, 0.15) is 5.75 Å². The molecule has 35 heavy (non-hydrogen) atoms. The van der Waals surface area contributed by atoms with Gasteiger partial charge in [0.05, 0.1) is 18.6 Å². The Kier molecular flexibility index (Phi) is 9.62. The normalized spacial score (nSPS) is 18.5. The summed E-state index contributed by atoms with van der Waals surface area (Å²) in [4.78, 5) is 30.2. The number of nitrogens with zero attached hydrogens (tertiary/aromatic N) is 2. The second-order valence-corrected chi connectivity index (χ2v) is 10.8. The van der Waals surface area contributed by atoms with Crippen LogP contribution in [0.5, 0.6) is 5.75 Å². The Balaban J connectivity index is 0.00000342. The van der Waals surface area contributed by atoms with E-state index in [0.29, 0.717) is 12.5 Å². The van der Waals surface area contributed by atoms with Crippen molar-refractivity contribution in [3.63, 3.8) is 0 Å². The highest BCUT2D eigenvalue weighted by atomic mass is 35.5. The van der Waals surface area contributed by atoms with Crippen molar-refractivity contribution in [1.82, 2.24) is 15.1 Å². The van der Waals surface area contributed by atoms with Crippen LogP contribution in [0.3, 0.4) is 0 Å². The number of carbonyl (C=O) groups is 2. The third-order valence-corrected chi connectivity index (χ3v) is 8.17. The number of nitrogens with one attached hydrogen (secondary N) is 1. The summed E-state index contributed by atoms with van der Waals surface area (Å²) in [7, 11) is 1.67. The number of ether oxygens (including phenoxy) is 1. The second kappa shape index (κ2) is 12.2. The first-order valence-corrected chi connectivity index (χ1v) is 13.3. The Labute approximate surface area is 219 Å². The maximum atomic E-state index is 13.4. The minimum absolute atomic E-state index is 0. The Hall–Kier alpha value is -2.09. The number of hydrogen-bond acceptors (Lipinski definition) is 5. The first kappa shape index (κ1) is 27.5. The molecule has 2 aliphatic heterocycles. The van der Waals surface area contributed by atoms with E-state index in [1.165, 1.54) is 5.56 Å². The molecule has 1 aromatic heterocycles. The first-order chi connectivity index (χ1) is 16.4. The molecule has 0 bridgehead atoms. The molecule has 0 aliphatic carbocycles. The smallest absolute Gasteiger partial charge is 0.229 e. The summed E-state index contributed by atoms with van der Waals surface area (Å²) in [6.07, 6.45) is 3.69. The molecule has 0 radical (unpaired) electrons. The fourth-order valence-electron chi connectivity index (χ4n) is 5.11. The molecule has 2 saturated heterocycles. The molecule has 3 heterocycles. The van der Waals surface area contributed by atoms with Crippen LogP contribution in [0.15, 0.2) is 41.1 Å². The number of thiophene rings is 1. The Morgan fingerprint density at radius 2 is 1.80 bits per heavy atom. The van der Waals surface area contributed by atoms with Crippen molar-refractivity contribution >= 4 is 35.6 Å². The van der Waals surface area contributed by atoms with E-state index in [4.69, 9.17) is 4.74 Å². The highest BCUT2D eigenvalue weighted by Gasteiger charge is 2.47. The number of rotatable bonds is 9. The summed E-state index contributed by atoms with van der Waals surface area (Å²) in [5.41, 5.74) is 2.14. The van der Waals surface area contributed by atoms with Gasteiger partial charge in [-0.1, -0.05) is 26.0 Å². The highest BCUT2D eigenvalue weighted by Crippen LogP contribution is 2.42. The van der Waals surface area contributed by atoms with Gasteiger partial charge in [0.15, 0.2) is 0 Å². The molecule has 1 unspecified atom stereocenters. The molecule has 1 N–H and O–H groups in total. The molecule has 2 aromatic rings. The molecule has 8 heteroatoms. The Morgan fingerprint density at radius 3 is 2.40 bits per heavy atom. The van der Waals surface area contributed by atoms with Crippen LogP contribution in [0.2, 0.25) is 0 Å². The molecular weight excluding hydrogens is 482 g/mol. The van der Waals surface area contributed by atoms with E-state index < -0.39 is 0 Å². The summed E-state index contributed by atoms with van der Waals surface area (Å²) < 4.78 is 5.24. The number of amides is 2. The predicted molar refractivity (Wildman–Crippen MR) is 143 cm³/mol. The largest absolute Gasteiger partial charge is 0.497 e. The zero-order chi connectivity index (χ0) is 24.1. The van der Waals surface area contributed by atoms with Crippen LogP contribution >= 0.6 is 23.7 Å². The molecule has 2 aliphatic rings. The van der Waals surface area contributed by atoms with Gasteiger partial charge in [0, 0.05) is 25.6 Å². The zero-order valence-electron chi connectivity index (χ0n) is 21.0. The monoisotopic (exact) mass is 519 g/mol. The van der Waals surface area contributed by atoms with Gasteiger partial charge in [0.25, 0.3) is 0 Å². The van der Waals surface area contributed by atoms with E-state index >= 15 is 0 Å². The van der Waals surface area contributed by atoms with Crippen LogP contribution in [0.4, 0.5) is 0 Å². The number of methoxy groups -OCH3 is 1. The predicted octanol–water partition coefficient (Wildman–Crippen LogP) is 4.90. The van der Waals surface area contributed by atoms with Crippen molar-refractivity contribution in [3.05, 3.63) is 52.2 Å². The van der Waals surface area contributed by atoms with Crippen molar-refractivity contribution in [1.29, 1.82) is 0 Å². The van der Waals surface area contributed by atoms with Crippen LogP contribution in [0.1, 0.15) is 56.7 Å². The van der Waals surface area contributed by atoms with Crippen LogP contribution < -0.4 is 10.1 Å². The molecule has 2 fully saturated rings. The molecule has 6 nitrogen and oxygen atoms in total. The molecular formula is C27H38ClN3O3S. The average Bonchev–Trinajstić information content (AvgIpc) is 3.48. The maximum absolute atomic E-state index is 13.4. The summed E-state index contributed by atoms with van der Waals surface area (Å²) in [6, 6.07) is 10.2. The Morgan fingerprint density at radius 1 is 1.11 bits per heavy atom. The number of carbonyl (C=O) groups excluding carboxylic acids is 2. The topological polar surface area (TPSA) is 61.9 Å². The van der Waals surface area contributed by atoms with Crippen molar-refractivity contribution in [2.45, 2.75) is 52.1 Å². The van der Waals surface area contributed by atoms with E-state index in [2.05, 4.69) is 27.0 Å². The third kappa shape index (κ3) is 6.57. The lowest BCUT2D eigenvalue weighted by Gasteiger charge is -2.38. The zero-order valence-corrected chi connectivity index (χ0v) is 22.6. The third-order valence-electron chi connectivity index (χ3n) is 7.47. The Bertz CT molecular complexity index is 957. The maximum Gasteiger partial charge on any atom is 0.229 e. The molecule has 192 valence electrons. The molecule has 1 aromatic carbocycles. The molecule has 0 saturated carbocycles. The van der Waals surface area contributed by atoms with Gasteiger partial charge in [-0.3, -0.25) is 9.59 Å². The van der Waals surface area contributed by atoms with E-state index in [-0.39, 0.29) is 35.7 Å². The number of likely N-dealkylation sites (tertiary alicyclic amines) is 2. The van der Waals surface area contributed by atoms with Gasteiger partial charge in [-0.15, -0.1) is 12.4 Å². The van der Waals surface area contributed by atoms with Gasteiger partial charge < -0.3 is 19.9 Å². The summed E-state index contributed by atoms with van der Waals surface area (Å²) >= 11 is 1.67. The summed E-state index contributed by atoms with van der Waals surface area (Å²) in [5.74, 6) is 1.24. The van der Waals surface area contributed by atoms with Crippen LogP contribution in [-0.2, 0) is 16.1 Å². The van der Waals surface area contributed by atoms with Crippen LogP contribution in [0.25, 0.3) is 0 Å². The second-order valence-electron chi connectivity index (χ2n) is 10.0. The van der Waals surface area contributed by atoms with E-state index in [9.17, 15) is 9.59 Å². The average molecular weight is 520 g/mol. The lowest BCUT2D eigenvalue weighted by Crippen LogP contribution is -2.45. The van der Waals surface area contributed by atoms with Crippen LogP contribution in [-0.4, -0.2) is 54.9 Å². The summed E-state index contributed by atoms with van der Waals surface area (Å²) in [5, 5.41) is 7.42. The number of benzene rings is 1. The van der Waals surface area contributed by atoms with Crippen molar-refractivity contribution in [2.24, 2.45) is 11.3 Å². The van der Waals surface area contributed by atoms with Gasteiger partial charge in [-0.25, -0.2) is 0 Å². The van der Waals surface area contributed by atoms with Gasteiger partial charge in [-0.2, -0.15) is 11.3 Å². The van der Waals surface area contributed by atoms with Crippen molar-refractivity contribution in [3.8, 4) is 5.75 Å². The van der Waals surface area contributed by atoms with Gasteiger partial charge >= 0.3 is 0 Å². The highest BCUT2D eigenvalue weighted by molar-refractivity contribution is 7.08. The van der Waals surface area contributed by atoms with Gasteiger partial charge in [-0.05, 0) is 78.9 Å². The minimum atomic E-state index is -0.193. The standard InChI is InChI=1S/C27H37N3O3S.ClH/c1-20(2)25(31)28-24(22-9-17-34-19-22)8-13-29-14-10-27(11-15-29)12-16-30(26(27)32)18-21-4-6-23(33-3)7-5-21;/h4-7,9,17,19-20,24H,8,10-16,18H2,1-3H3,(H,28,31);1H. The molecule has 1 atom stereocenters.